The molecule has 0 atom stereocenters. The van der Waals surface area contributed by atoms with Gasteiger partial charge in [-0.05, 0) is 29.1 Å². The SMILES string of the molecule is C=C(c1ccc(NCCNS(=O)(=O)c2cccs2)cc1)C(F)(F)F. The first-order valence-corrected chi connectivity index (χ1v) is 9.20. The second kappa shape index (κ2) is 7.37. The molecular formula is C15H15F3N2O2S2. The average Bonchev–Trinajstić information content (AvgIpc) is 3.06. The number of thiophene rings is 1. The van der Waals surface area contributed by atoms with Crippen molar-refractivity contribution in [3.63, 3.8) is 0 Å². The van der Waals surface area contributed by atoms with Crippen molar-refractivity contribution in [2.45, 2.75) is 10.4 Å². The Morgan fingerprint density at radius 2 is 1.79 bits per heavy atom. The monoisotopic (exact) mass is 376 g/mol. The Hall–Kier alpha value is -1.84. The van der Waals surface area contributed by atoms with Crippen LogP contribution in [0.1, 0.15) is 5.56 Å². The lowest BCUT2D eigenvalue weighted by Gasteiger charge is -2.12. The topological polar surface area (TPSA) is 58.2 Å². The Labute approximate surface area is 142 Å². The van der Waals surface area contributed by atoms with Gasteiger partial charge in [-0.2, -0.15) is 13.2 Å². The highest BCUT2D eigenvalue weighted by Gasteiger charge is 2.32. The summed E-state index contributed by atoms with van der Waals surface area (Å²) in [5.74, 6) is 0. The molecule has 4 nitrogen and oxygen atoms in total. The number of hydrogen-bond acceptors (Lipinski definition) is 4. The lowest BCUT2D eigenvalue weighted by Crippen LogP contribution is -2.28. The predicted octanol–water partition coefficient (Wildman–Crippen LogP) is 3.71. The fourth-order valence-electron chi connectivity index (χ4n) is 1.83. The molecule has 0 saturated heterocycles. The first-order valence-electron chi connectivity index (χ1n) is 6.84. The van der Waals surface area contributed by atoms with E-state index in [1.165, 1.54) is 30.3 Å². The minimum Gasteiger partial charge on any atom is -0.384 e. The number of rotatable bonds is 7. The second-order valence-corrected chi connectivity index (χ2v) is 7.75. The molecule has 0 spiro atoms. The molecule has 0 amide bonds. The molecule has 2 N–H and O–H groups in total. The quantitative estimate of drug-likeness (QED) is 0.724. The number of anilines is 1. The summed E-state index contributed by atoms with van der Waals surface area (Å²) in [6.45, 7) is 3.48. The van der Waals surface area contributed by atoms with Crippen LogP contribution in [0.15, 0.2) is 52.6 Å². The van der Waals surface area contributed by atoms with Crippen molar-refractivity contribution in [1.29, 1.82) is 0 Å². The van der Waals surface area contributed by atoms with Crippen LogP contribution in [-0.4, -0.2) is 27.7 Å². The molecule has 0 aliphatic carbocycles. The van der Waals surface area contributed by atoms with Crippen molar-refractivity contribution in [2.24, 2.45) is 0 Å². The van der Waals surface area contributed by atoms with Crippen LogP contribution in [0.4, 0.5) is 18.9 Å². The fraction of sp³-hybridized carbons (Fsp3) is 0.200. The van der Waals surface area contributed by atoms with E-state index >= 15 is 0 Å². The highest BCUT2D eigenvalue weighted by Crippen LogP contribution is 2.32. The van der Waals surface area contributed by atoms with Gasteiger partial charge in [-0.1, -0.05) is 24.8 Å². The molecule has 0 saturated carbocycles. The number of allylic oxidation sites excluding steroid dienone is 1. The summed E-state index contributed by atoms with van der Waals surface area (Å²) in [6.07, 6.45) is -4.46. The molecule has 2 aromatic rings. The highest BCUT2D eigenvalue weighted by atomic mass is 32.2. The van der Waals surface area contributed by atoms with E-state index in [1.54, 1.807) is 11.4 Å². The second-order valence-electron chi connectivity index (χ2n) is 4.81. The van der Waals surface area contributed by atoms with E-state index in [0.717, 1.165) is 11.3 Å². The van der Waals surface area contributed by atoms with Gasteiger partial charge >= 0.3 is 6.18 Å². The van der Waals surface area contributed by atoms with Gasteiger partial charge in [0, 0.05) is 18.8 Å². The highest BCUT2D eigenvalue weighted by molar-refractivity contribution is 7.91. The smallest absolute Gasteiger partial charge is 0.384 e. The van der Waals surface area contributed by atoms with Gasteiger partial charge in [-0.3, -0.25) is 0 Å². The molecule has 0 aliphatic heterocycles. The Kier molecular flexibility index (Phi) is 5.68. The molecule has 0 bridgehead atoms. The normalized spacial score (nSPS) is 12.1. The molecule has 0 aliphatic rings. The van der Waals surface area contributed by atoms with Gasteiger partial charge in [-0.25, -0.2) is 13.1 Å². The van der Waals surface area contributed by atoms with Gasteiger partial charge in [0.15, 0.2) is 0 Å². The summed E-state index contributed by atoms with van der Waals surface area (Å²) < 4.78 is 64.0. The summed E-state index contributed by atoms with van der Waals surface area (Å²) in [7, 11) is -3.51. The largest absolute Gasteiger partial charge is 0.416 e. The minimum atomic E-state index is -4.46. The standard InChI is InChI=1S/C15H15F3N2O2S2/c1-11(15(16,17)18)12-4-6-13(7-5-12)19-8-9-20-24(21,22)14-3-2-10-23-14/h2-7,10,19-20H,1,8-9H2. The maximum atomic E-state index is 12.5. The van der Waals surface area contributed by atoms with Gasteiger partial charge in [0.25, 0.3) is 0 Å². The molecule has 1 aromatic carbocycles. The van der Waals surface area contributed by atoms with Crippen LogP contribution in [0, 0.1) is 0 Å². The van der Waals surface area contributed by atoms with Crippen LogP contribution >= 0.6 is 11.3 Å². The molecule has 1 aromatic heterocycles. The third-order valence-electron chi connectivity index (χ3n) is 3.08. The lowest BCUT2D eigenvalue weighted by molar-refractivity contribution is -0.0686. The van der Waals surface area contributed by atoms with E-state index in [1.807, 2.05) is 0 Å². The Morgan fingerprint density at radius 3 is 2.33 bits per heavy atom. The number of alkyl halides is 3. The summed E-state index contributed by atoms with van der Waals surface area (Å²) in [5.41, 5.74) is -0.326. The van der Waals surface area contributed by atoms with Gasteiger partial charge < -0.3 is 5.32 Å². The molecule has 0 fully saturated rings. The van der Waals surface area contributed by atoms with Crippen LogP contribution in [0.25, 0.3) is 5.57 Å². The maximum absolute atomic E-state index is 12.5. The number of benzene rings is 1. The van der Waals surface area contributed by atoms with Crippen molar-refractivity contribution in [3.05, 3.63) is 53.9 Å². The molecule has 2 rings (SSSR count). The van der Waals surface area contributed by atoms with E-state index in [2.05, 4.69) is 16.6 Å². The van der Waals surface area contributed by atoms with Crippen LogP contribution in [0.3, 0.4) is 0 Å². The third-order valence-corrected chi connectivity index (χ3v) is 5.94. The van der Waals surface area contributed by atoms with E-state index in [4.69, 9.17) is 0 Å². The first kappa shape index (κ1) is 18.5. The summed E-state index contributed by atoms with van der Waals surface area (Å²) in [6, 6.07) is 8.75. The predicted molar refractivity (Wildman–Crippen MR) is 89.5 cm³/mol. The fourth-order valence-corrected chi connectivity index (χ4v) is 3.90. The van der Waals surface area contributed by atoms with Crippen LogP contribution < -0.4 is 10.0 Å². The molecule has 1 heterocycles. The Morgan fingerprint density at radius 1 is 1.12 bits per heavy atom. The van der Waals surface area contributed by atoms with E-state index in [9.17, 15) is 21.6 Å². The van der Waals surface area contributed by atoms with Gasteiger partial charge in [0.2, 0.25) is 10.0 Å². The number of sulfonamides is 1. The van der Waals surface area contributed by atoms with Crippen molar-refractivity contribution in [3.8, 4) is 0 Å². The van der Waals surface area contributed by atoms with Crippen LogP contribution in [0.5, 0.6) is 0 Å². The first-order chi connectivity index (χ1) is 11.2. The zero-order valence-corrected chi connectivity index (χ0v) is 14.1. The van der Waals surface area contributed by atoms with Crippen molar-refractivity contribution >= 4 is 32.6 Å². The van der Waals surface area contributed by atoms with Crippen molar-refractivity contribution < 1.29 is 21.6 Å². The number of nitrogens with one attached hydrogen (secondary N) is 2. The molecule has 0 radical (unpaired) electrons. The summed E-state index contributed by atoms with van der Waals surface area (Å²) in [4.78, 5) is 0. The molecule has 130 valence electrons. The Balaban J connectivity index is 1.84. The van der Waals surface area contributed by atoms with E-state index < -0.39 is 21.8 Å². The van der Waals surface area contributed by atoms with Crippen LogP contribution in [0.2, 0.25) is 0 Å². The van der Waals surface area contributed by atoms with Crippen molar-refractivity contribution in [2.75, 3.05) is 18.4 Å². The molecule has 0 unspecified atom stereocenters. The molecular weight excluding hydrogens is 361 g/mol. The van der Waals surface area contributed by atoms with Gasteiger partial charge in [0.1, 0.15) is 4.21 Å². The maximum Gasteiger partial charge on any atom is 0.416 e. The minimum absolute atomic E-state index is 0.00792. The van der Waals surface area contributed by atoms with E-state index in [0.29, 0.717) is 12.2 Å². The summed E-state index contributed by atoms with van der Waals surface area (Å²) >= 11 is 1.12. The number of hydrogen-bond donors (Lipinski definition) is 2. The zero-order valence-electron chi connectivity index (χ0n) is 12.4. The molecule has 24 heavy (non-hydrogen) atoms. The third kappa shape index (κ3) is 4.83. The lowest BCUT2D eigenvalue weighted by atomic mass is 10.1. The van der Waals surface area contributed by atoms with Crippen molar-refractivity contribution in [1.82, 2.24) is 4.72 Å². The van der Waals surface area contributed by atoms with Gasteiger partial charge in [0.05, 0.1) is 5.57 Å². The number of halogens is 3. The average molecular weight is 376 g/mol. The van der Waals surface area contributed by atoms with Gasteiger partial charge in [-0.15, -0.1) is 11.3 Å². The zero-order chi connectivity index (χ0) is 17.8. The van der Waals surface area contributed by atoms with Crippen LogP contribution in [-0.2, 0) is 10.0 Å². The van der Waals surface area contributed by atoms with E-state index in [-0.39, 0.29) is 16.3 Å². The summed E-state index contributed by atoms with van der Waals surface area (Å²) in [5, 5.41) is 4.60. The molecule has 9 heteroatoms. The Bertz CT molecular complexity index is 783.